The summed E-state index contributed by atoms with van der Waals surface area (Å²) in [5.41, 5.74) is 0.589. The van der Waals surface area contributed by atoms with E-state index in [1.165, 1.54) is 43.3 Å². The number of ether oxygens (including phenoxy) is 1. The molecule has 0 amide bonds. The Kier molecular flexibility index (Phi) is 5.11. The molecule has 6 heteroatoms. The first kappa shape index (κ1) is 17.3. The fraction of sp³-hybridized carbons (Fsp3) is 0.600. The van der Waals surface area contributed by atoms with E-state index in [2.05, 4.69) is 15.0 Å². The van der Waals surface area contributed by atoms with Crippen LogP contribution in [-0.4, -0.2) is 46.4 Å². The fourth-order valence-electron chi connectivity index (χ4n) is 4.38. The SMILES string of the molecule is COc1ccc(-n2nc(C3CCN(CC4CCCCC4)C3)[nH]c2=O)cc1. The van der Waals surface area contributed by atoms with Crippen molar-refractivity contribution in [2.24, 2.45) is 5.92 Å². The third kappa shape index (κ3) is 3.70. The minimum Gasteiger partial charge on any atom is -0.497 e. The minimum absolute atomic E-state index is 0.170. The van der Waals surface area contributed by atoms with E-state index >= 15 is 0 Å². The van der Waals surface area contributed by atoms with E-state index < -0.39 is 0 Å². The smallest absolute Gasteiger partial charge is 0.348 e. The molecule has 140 valence electrons. The molecule has 0 radical (unpaired) electrons. The van der Waals surface area contributed by atoms with E-state index in [-0.39, 0.29) is 5.69 Å². The molecule has 1 N–H and O–H groups in total. The van der Waals surface area contributed by atoms with Crippen molar-refractivity contribution < 1.29 is 4.74 Å². The first-order valence-electron chi connectivity index (χ1n) is 9.79. The van der Waals surface area contributed by atoms with Gasteiger partial charge < -0.3 is 9.64 Å². The lowest BCUT2D eigenvalue weighted by Gasteiger charge is -2.26. The van der Waals surface area contributed by atoms with Crippen LogP contribution in [-0.2, 0) is 0 Å². The second kappa shape index (κ2) is 7.66. The van der Waals surface area contributed by atoms with Crippen molar-refractivity contribution in [1.29, 1.82) is 0 Å². The quantitative estimate of drug-likeness (QED) is 0.895. The lowest BCUT2D eigenvalue weighted by atomic mass is 9.89. The van der Waals surface area contributed by atoms with E-state index in [0.717, 1.165) is 42.7 Å². The molecule has 0 spiro atoms. The highest BCUT2D eigenvalue weighted by Crippen LogP contribution is 2.29. The van der Waals surface area contributed by atoms with Gasteiger partial charge in [-0.25, -0.2) is 4.79 Å². The van der Waals surface area contributed by atoms with Gasteiger partial charge in [-0.1, -0.05) is 19.3 Å². The van der Waals surface area contributed by atoms with E-state index in [9.17, 15) is 4.79 Å². The van der Waals surface area contributed by atoms with E-state index in [1.54, 1.807) is 7.11 Å². The van der Waals surface area contributed by atoms with E-state index in [4.69, 9.17) is 4.74 Å². The van der Waals surface area contributed by atoms with E-state index in [1.807, 2.05) is 24.3 Å². The first-order valence-corrected chi connectivity index (χ1v) is 9.79. The van der Waals surface area contributed by atoms with Gasteiger partial charge in [0, 0.05) is 19.0 Å². The summed E-state index contributed by atoms with van der Waals surface area (Å²) in [6.45, 7) is 3.32. The molecular weight excluding hydrogens is 328 g/mol. The van der Waals surface area contributed by atoms with Crippen LogP contribution >= 0.6 is 0 Å². The number of methoxy groups -OCH3 is 1. The van der Waals surface area contributed by atoms with Crippen LogP contribution in [0.5, 0.6) is 5.75 Å². The van der Waals surface area contributed by atoms with Gasteiger partial charge in [0.2, 0.25) is 0 Å². The molecule has 0 bridgehead atoms. The van der Waals surface area contributed by atoms with Gasteiger partial charge in [-0.2, -0.15) is 4.68 Å². The monoisotopic (exact) mass is 356 g/mol. The average molecular weight is 356 g/mol. The fourth-order valence-corrected chi connectivity index (χ4v) is 4.38. The molecule has 6 nitrogen and oxygen atoms in total. The Morgan fingerprint density at radius 3 is 2.65 bits per heavy atom. The topological polar surface area (TPSA) is 63.1 Å². The standard InChI is InChI=1S/C20H28N4O2/c1-26-18-9-7-17(8-10-18)24-20(25)21-19(22-24)16-11-12-23(14-16)13-15-5-3-2-4-6-15/h7-10,15-16H,2-6,11-14H2,1H3,(H,21,22,25). The largest absolute Gasteiger partial charge is 0.497 e. The van der Waals surface area contributed by atoms with Gasteiger partial charge in [-0.05, 0) is 56.0 Å². The van der Waals surface area contributed by atoms with Crippen LogP contribution in [0.15, 0.2) is 29.1 Å². The Hall–Kier alpha value is -2.08. The number of H-pyrrole nitrogens is 1. The second-order valence-corrected chi connectivity index (χ2v) is 7.67. The molecule has 1 aliphatic carbocycles. The van der Waals surface area contributed by atoms with Crippen LogP contribution < -0.4 is 10.4 Å². The molecule has 2 fully saturated rings. The van der Waals surface area contributed by atoms with Crippen molar-refractivity contribution in [3.63, 3.8) is 0 Å². The Morgan fingerprint density at radius 1 is 1.15 bits per heavy atom. The zero-order valence-corrected chi connectivity index (χ0v) is 15.5. The summed E-state index contributed by atoms with van der Waals surface area (Å²) in [7, 11) is 1.63. The van der Waals surface area contributed by atoms with Crippen LogP contribution in [0.1, 0.15) is 50.3 Å². The number of likely N-dealkylation sites (tertiary alicyclic amines) is 1. The molecule has 1 saturated heterocycles. The zero-order chi connectivity index (χ0) is 17.9. The van der Waals surface area contributed by atoms with Crippen LogP contribution in [0.4, 0.5) is 0 Å². The lowest BCUT2D eigenvalue weighted by Crippen LogP contribution is -2.28. The minimum atomic E-state index is -0.170. The summed E-state index contributed by atoms with van der Waals surface area (Å²) >= 11 is 0. The van der Waals surface area contributed by atoms with Crippen molar-refractivity contribution in [2.75, 3.05) is 26.7 Å². The van der Waals surface area contributed by atoms with Crippen molar-refractivity contribution in [3.8, 4) is 11.4 Å². The lowest BCUT2D eigenvalue weighted by molar-refractivity contribution is 0.231. The molecule has 1 aromatic heterocycles. The third-order valence-corrected chi connectivity index (χ3v) is 5.85. The second-order valence-electron chi connectivity index (χ2n) is 7.67. The number of hydrogen-bond acceptors (Lipinski definition) is 4. The van der Waals surface area contributed by atoms with Gasteiger partial charge >= 0.3 is 5.69 Å². The highest BCUT2D eigenvalue weighted by molar-refractivity contribution is 5.36. The van der Waals surface area contributed by atoms with Gasteiger partial charge in [0.25, 0.3) is 0 Å². The summed E-state index contributed by atoms with van der Waals surface area (Å²) in [5, 5.41) is 4.58. The molecule has 2 aromatic rings. The number of hydrogen-bond donors (Lipinski definition) is 1. The number of nitrogens with one attached hydrogen (secondary N) is 1. The predicted molar refractivity (Wildman–Crippen MR) is 101 cm³/mol. The molecule has 1 aliphatic heterocycles. The molecule has 26 heavy (non-hydrogen) atoms. The van der Waals surface area contributed by atoms with Crippen LogP contribution in [0, 0.1) is 5.92 Å². The Balaban J connectivity index is 1.43. The Morgan fingerprint density at radius 2 is 1.92 bits per heavy atom. The number of aromatic nitrogens is 3. The molecule has 1 aromatic carbocycles. The van der Waals surface area contributed by atoms with Crippen molar-refractivity contribution in [2.45, 2.75) is 44.4 Å². The number of aromatic amines is 1. The third-order valence-electron chi connectivity index (χ3n) is 5.85. The molecule has 2 heterocycles. The van der Waals surface area contributed by atoms with Gasteiger partial charge in [0.15, 0.2) is 0 Å². The van der Waals surface area contributed by atoms with Gasteiger partial charge in [-0.15, -0.1) is 5.10 Å². The van der Waals surface area contributed by atoms with Gasteiger partial charge in [0.1, 0.15) is 11.6 Å². The summed E-state index contributed by atoms with van der Waals surface area (Å²) in [6.07, 6.45) is 8.02. The Bertz CT molecular complexity index is 774. The molecular formula is C20H28N4O2. The summed E-state index contributed by atoms with van der Waals surface area (Å²) in [4.78, 5) is 17.9. The molecule has 1 atom stereocenters. The van der Waals surface area contributed by atoms with Crippen molar-refractivity contribution >= 4 is 0 Å². The van der Waals surface area contributed by atoms with Crippen molar-refractivity contribution in [3.05, 3.63) is 40.6 Å². The summed E-state index contributed by atoms with van der Waals surface area (Å²) in [5.74, 6) is 2.77. The normalized spacial score (nSPS) is 22.0. The highest BCUT2D eigenvalue weighted by Gasteiger charge is 2.29. The van der Waals surface area contributed by atoms with Crippen LogP contribution in [0.3, 0.4) is 0 Å². The Labute approximate surface area is 154 Å². The maximum Gasteiger partial charge on any atom is 0.348 e. The molecule has 1 saturated carbocycles. The first-order chi connectivity index (χ1) is 12.7. The maximum absolute atomic E-state index is 12.4. The average Bonchev–Trinajstić information content (AvgIpc) is 3.29. The number of rotatable bonds is 5. The van der Waals surface area contributed by atoms with Crippen LogP contribution in [0.2, 0.25) is 0 Å². The van der Waals surface area contributed by atoms with Crippen molar-refractivity contribution in [1.82, 2.24) is 19.7 Å². The van der Waals surface area contributed by atoms with Gasteiger partial charge in [0.05, 0.1) is 12.8 Å². The number of nitrogens with zero attached hydrogens (tertiary/aromatic N) is 3. The molecule has 1 unspecified atom stereocenters. The number of benzene rings is 1. The highest BCUT2D eigenvalue weighted by atomic mass is 16.5. The zero-order valence-electron chi connectivity index (χ0n) is 15.5. The van der Waals surface area contributed by atoms with E-state index in [0.29, 0.717) is 5.92 Å². The van der Waals surface area contributed by atoms with Crippen LogP contribution in [0.25, 0.3) is 5.69 Å². The summed E-state index contributed by atoms with van der Waals surface area (Å²) < 4.78 is 6.63. The molecule has 2 aliphatic rings. The maximum atomic E-state index is 12.4. The molecule has 4 rings (SSSR count). The summed E-state index contributed by atoms with van der Waals surface area (Å²) in [6, 6.07) is 7.40. The van der Waals surface area contributed by atoms with Gasteiger partial charge in [-0.3, -0.25) is 4.98 Å². The predicted octanol–water partition coefficient (Wildman–Crippen LogP) is 2.94.